The Hall–Kier alpha value is -3.92. The predicted molar refractivity (Wildman–Crippen MR) is 171 cm³/mol. The van der Waals surface area contributed by atoms with E-state index in [0.717, 1.165) is 31.2 Å². The fourth-order valence-corrected chi connectivity index (χ4v) is 8.98. The normalized spacial score (nSPS) is 27.6. The molecular formula is C36H37F3N6O. The highest BCUT2D eigenvalue weighted by molar-refractivity contribution is 6.01. The minimum absolute atomic E-state index is 0.0660. The van der Waals surface area contributed by atoms with Gasteiger partial charge in [0.2, 0.25) is 0 Å². The molecule has 5 aliphatic rings. The van der Waals surface area contributed by atoms with Crippen molar-refractivity contribution in [2.75, 3.05) is 24.6 Å². The molecule has 4 atom stereocenters. The Bertz CT molecular complexity index is 1940. The number of rotatable bonds is 5. The minimum Gasteiger partial charge on any atom is -0.461 e. The van der Waals surface area contributed by atoms with Crippen molar-refractivity contribution in [1.82, 2.24) is 25.2 Å². The molecule has 1 spiro atoms. The van der Waals surface area contributed by atoms with Crippen LogP contribution >= 0.6 is 0 Å². The van der Waals surface area contributed by atoms with Crippen LogP contribution in [0.15, 0.2) is 42.7 Å². The van der Waals surface area contributed by atoms with E-state index >= 15 is 4.39 Å². The molecule has 46 heavy (non-hydrogen) atoms. The number of ether oxygens (including phenoxy) is 1. The molecule has 10 heteroatoms. The predicted octanol–water partition coefficient (Wildman–Crippen LogP) is 6.75. The number of pyridine rings is 1. The SMILES string of the molecule is CC[C@@H]1NC=CN2c3nc(OC[C@@]45C[C@@H](F)CN4CC4(CC4)C5)nc4c(F)c(-c5cccc6ccc(F)c(C)c56)nc(c34)CC[C@H]12. The highest BCUT2D eigenvalue weighted by atomic mass is 19.1. The van der Waals surface area contributed by atoms with Gasteiger partial charge in [-0.1, -0.05) is 31.2 Å². The van der Waals surface area contributed by atoms with Crippen LogP contribution in [-0.2, 0) is 6.42 Å². The molecule has 2 aromatic carbocycles. The van der Waals surface area contributed by atoms with Gasteiger partial charge in [0.1, 0.15) is 35.6 Å². The van der Waals surface area contributed by atoms with Crippen molar-refractivity contribution in [3.8, 4) is 17.3 Å². The molecule has 0 radical (unpaired) electrons. The first kappa shape index (κ1) is 28.3. The maximum Gasteiger partial charge on any atom is 0.319 e. The van der Waals surface area contributed by atoms with Crippen molar-refractivity contribution in [3.63, 3.8) is 0 Å². The van der Waals surface area contributed by atoms with Crippen LogP contribution in [0.5, 0.6) is 6.01 Å². The summed E-state index contributed by atoms with van der Waals surface area (Å²) in [5, 5.41) is 5.50. The first-order chi connectivity index (χ1) is 22.3. The number of nitrogens with one attached hydrogen (secondary N) is 1. The van der Waals surface area contributed by atoms with Gasteiger partial charge in [-0.15, -0.1) is 0 Å². The summed E-state index contributed by atoms with van der Waals surface area (Å²) in [5.41, 5.74) is 1.85. The monoisotopic (exact) mass is 626 g/mol. The quantitative estimate of drug-likeness (QED) is 0.263. The maximum atomic E-state index is 17.0. The summed E-state index contributed by atoms with van der Waals surface area (Å²) in [6, 6.07) is 9.02. The zero-order valence-corrected chi connectivity index (χ0v) is 26.1. The average Bonchev–Trinajstić information content (AvgIpc) is 3.69. The van der Waals surface area contributed by atoms with Crippen LogP contribution in [0, 0.1) is 24.0 Å². The molecule has 4 aromatic rings. The number of nitrogens with zero attached hydrogens (tertiary/aromatic N) is 5. The molecule has 7 nitrogen and oxygen atoms in total. The number of anilines is 1. The van der Waals surface area contributed by atoms with E-state index < -0.39 is 17.5 Å². The fourth-order valence-electron chi connectivity index (χ4n) is 8.98. The first-order valence-electron chi connectivity index (χ1n) is 16.6. The van der Waals surface area contributed by atoms with Crippen molar-refractivity contribution in [2.45, 2.75) is 82.6 Å². The molecule has 1 aliphatic carbocycles. The average molecular weight is 627 g/mol. The molecule has 9 rings (SSSR count). The van der Waals surface area contributed by atoms with E-state index in [2.05, 4.69) is 22.0 Å². The number of hydrogen-bond donors (Lipinski definition) is 1. The van der Waals surface area contributed by atoms with E-state index in [4.69, 9.17) is 19.7 Å². The van der Waals surface area contributed by atoms with Gasteiger partial charge in [0.25, 0.3) is 0 Å². The van der Waals surface area contributed by atoms with Crippen molar-refractivity contribution in [3.05, 3.63) is 65.6 Å². The van der Waals surface area contributed by atoms with E-state index in [0.29, 0.717) is 52.8 Å². The number of aryl methyl sites for hydroxylation is 2. The molecule has 0 unspecified atom stereocenters. The zero-order chi connectivity index (χ0) is 31.4. The molecule has 4 aliphatic heterocycles. The highest BCUT2D eigenvalue weighted by Crippen LogP contribution is 2.60. The molecule has 1 N–H and O–H groups in total. The Kier molecular flexibility index (Phi) is 6.18. The van der Waals surface area contributed by atoms with Crippen molar-refractivity contribution in [1.29, 1.82) is 0 Å². The first-order valence-corrected chi connectivity index (χ1v) is 16.6. The standard InChI is InChI=1S/C36H37F3N6O/c1-3-25-27-10-9-26-29-32(30(39)31(41-26)23-6-4-5-21-7-8-24(38)20(2)28(21)23)42-34(43-33(29)45(27)14-13-40-25)46-19-36-15-22(37)16-44(36)18-35(17-36)11-12-35/h4-8,13-14,22,25,27,40H,3,9-12,15-19H2,1-2H3/t22-,25+,27-,36+/m1/s1. The summed E-state index contributed by atoms with van der Waals surface area (Å²) >= 11 is 0. The van der Waals surface area contributed by atoms with Gasteiger partial charge >= 0.3 is 6.01 Å². The largest absolute Gasteiger partial charge is 0.461 e. The molecule has 3 fully saturated rings. The lowest BCUT2D eigenvalue weighted by atomic mass is 9.89. The Morgan fingerprint density at radius 3 is 2.78 bits per heavy atom. The van der Waals surface area contributed by atoms with Gasteiger partial charge < -0.3 is 15.0 Å². The Labute approximate surface area is 265 Å². The second kappa shape index (κ2) is 10.0. The van der Waals surface area contributed by atoms with Gasteiger partial charge in [-0.25, -0.2) is 18.2 Å². The van der Waals surface area contributed by atoms with E-state index in [-0.39, 0.29) is 47.1 Å². The van der Waals surface area contributed by atoms with Crippen molar-refractivity contribution < 1.29 is 17.9 Å². The summed E-state index contributed by atoms with van der Waals surface area (Å²) in [4.78, 5) is 19.0. The van der Waals surface area contributed by atoms with Crippen molar-refractivity contribution >= 4 is 27.5 Å². The highest BCUT2D eigenvalue weighted by Gasteiger charge is 2.62. The molecule has 0 bridgehead atoms. The number of fused-ring (bicyclic) bond motifs is 4. The third kappa shape index (κ3) is 4.18. The molecular weight excluding hydrogens is 589 g/mol. The van der Waals surface area contributed by atoms with Crippen LogP contribution in [0.25, 0.3) is 32.9 Å². The summed E-state index contributed by atoms with van der Waals surface area (Å²) in [5.74, 6) is -0.367. The van der Waals surface area contributed by atoms with E-state index in [1.807, 2.05) is 24.5 Å². The van der Waals surface area contributed by atoms with Gasteiger partial charge in [0.15, 0.2) is 5.82 Å². The molecule has 0 amide bonds. The topological polar surface area (TPSA) is 66.4 Å². The van der Waals surface area contributed by atoms with E-state index in [1.165, 1.54) is 18.9 Å². The van der Waals surface area contributed by atoms with Gasteiger partial charge in [-0.3, -0.25) is 4.90 Å². The molecule has 1 saturated carbocycles. The minimum atomic E-state index is -0.887. The summed E-state index contributed by atoms with van der Waals surface area (Å²) in [7, 11) is 0. The summed E-state index contributed by atoms with van der Waals surface area (Å²) in [6.07, 6.45) is 8.95. The van der Waals surface area contributed by atoms with Crippen LogP contribution in [0.3, 0.4) is 0 Å². The Morgan fingerprint density at radius 1 is 1.09 bits per heavy atom. The third-order valence-corrected chi connectivity index (χ3v) is 11.4. The van der Waals surface area contributed by atoms with Crippen LogP contribution < -0.4 is 15.0 Å². The van der Waals surface area contributed by atoms with Gasteiger partial charge in [-0.05, 0) is 73.3 Å². The molecule has 6 heterocycles. The van der Waals surface area contributed by atoms with Gasteiger partial charge in [-0.2, -0.15) is 9.97 Å². The number of benzene rings is 2. The Balaban J connectivity index is 1.21. The third-order valence-electron chi connectivity index (χ3n) is 11.4. The van der Waals surface area contributed by atoms with Gasteiger partial charge in [0, 0.05) is 43.5 Å². The number of hydrogen-bond acceptors (Lipinski definition) is 7. The van der Waals surface area contributed by atoms with Gasteiger partial charge in [0.05, 0.1) is 22.7 Å². The molecule has 2 aromatic heterocycles. The van der Waals surface area contributed by atoms with E-state index in [9.17, 15) is 8.78 Å². The second-order valence-corrected chi connectivity index (χ2v) is 14.2. The lowest BCUT2D eigenvalue weighted by Gasteiger charge is -2.38. The smallest absolute Gasteiger partial charge is 0.319 e. The van der Waals surface area contributed by atoms with Crippen LogP contribution in [-0.4, -0.2) is 63.3 Å². The number of aromatic nitrogens is 3. The maximum absolute atomic E-state index is 17.0. The molecule has 238 valence electrons. The van der Waals surface area contributed by atoms with Crippen LogP contribution in [0.2, 0.25) is 0 Å². The van der Waals surface area contributed by atoms with E-state index in [1.54, 1.807) is 19.1 Å². The number of alkyl halides is 1. The Morgan fingerprint density at radius 2 is 1.96 bits per heavy atom. The van der Waals surface area contributed by atoms with Crippen LogP contribution in [0.4, 0.5) is 19.0 Å². The fraction of sp³-hybridized carbons (Fsp3) is 0.472. The van der Waals surface area contributed by atoms with Crippen LogP contribution in [0.1, 0.15) is 56.7 Å². The lowest BCUT2D eigenvalue weighted by Crippen LogP contribution is -2.50. The molecule has 2 saturated heterocycles. The van der Waals surface area contributed by atoms with Crippen molar-refractivity contribution in [2.24, 2.45) is 5.41 Å². The summed E-state index contributed by atoms with van der Waals surface area (Å²) < 4.78 is 53.0. The second-order valence-electron chi connectivity index (χ2n) is 14.2. The lowest BCUT2D eigenvalue weighted by molar-refractivity contribution is 0.107. The number of halogens is 3. The zero-order valence-electron chi connectivity index (χ0n) is 26.1. The summed E-state index contributed by atoms with van der Waals surface area (Å²) in [6.45, 7) is 5.45.